The number of hydrogen-bond donors (Lipinski definition) is 4. The van der Waals surface area contributed by atoms with Gasteiger partial charge in [-0.15, -0.1) is 0 Å². The van der Waals surface area contributed by atoms with Gasteiger partial charge in [-0.1, -0.05) is 31.2 Å². The molecule has 2 aromatic carbocycles. The Morgan fingerprint density at radius 3 is 2.59 bits per heavy atom. The highest BCUT2D eigenvalue weighted by Crippen LogP contribution is 2.30. The summed E-state index contributed by atoms with van der Waals surface area (Å²) in [6.45, 7) is 3.23. The van der Waals surface area contributed by atoms with Crippen LogP contribution >= 0.6 is 0 Å². The van der Waals surface area contributed by atoms with E-state index in [2.05, 4.69) is 15.6 Å². The van der Waals surface area contributed by atoms with Crippen molar-refractivity contribution in [2.45, 2.75) is 26.2 Å². The van der Waals surface area contributed by atoms with Crippen LogP contribution in [0.1, 0.15) is 42.1 Å². The monoisotopic (exact) mass is 463 g/mol. The van der Waals surface area contributed by atoms with Gasteiger partial charge in [-0.2, -0.15) is 0 Å². The first kappa shape index (κ1) is 24.5. The molecule has 0 bridgehead atoms. The van der Waals surface area contributed by atoms with E-state index in [0.29, 0.717) is 47.9 Å². The number of nitrogens with one attached hydrogen (secondary N) is 2. The van der Waals surface area contributed by atoms with Crippen molar-refractivity contribution in [1.82, 2.24) is 10.2 Å². The summed E-state index contributed by atoms with van der Waals surface area (Å²) in [6.07, 6.45) is 2.18. The van der Waals surface area contributed by atoms with E-state index in [1.54, 1.807) is 53.4 Å². The molecule has 0 fully saturated rings. The zero-order chi connectivity index (χ0) is 24.5. The van der Waals surface area contributed by atoms with E-state index < -0.39 is 6.09 Å². The number of carbonyl (C=O) groups excluding carboxylic acids is 2. The molecule has 0 unspecified atom stereocenters. The molecule has 0 aromatic heterocycles. The minimum absolute atomic E-state index is 0.148. The van der Waals surface area contributed by atoms with E-state index in [0.717, 1.165) is 12.0 Å². The second-order valence-electron chi connectivity index (χ2n) is 7.92. The molecule has 1 aliphatic rings. The summed E-state index contributed by atoms with van der Waals surface area (Å²) < 4.78 is 0. The Morgan fingerprint density at radius 2 is 1.88 bits per heavy atom. The number of nitrogens with zero attached hydrogens (tertiary/aromatic N) is 2. The molecule has 0 saturated carbocycles. The first-order chi connectivity index (χ1) is 16.4. The Hall–Kier alpha value is -4.14. The molecular weight excluding hydrogens is 434 g/mol. The molecule has 3 amide bonds. The number of fused-ring (bicyclic) bond motifs is 1. The highest BCUT2D eigenvalue weighted by Gasteiger charge is 2.21. The Kier molecular flexibility index (Phi) is 8.39. The lowest BCUT2D eigenvalue weighted by molar-refractivity contribution is -0.127. The van der Waals surface area contributed by atoms with Crippen LogP contribution in [-0.4, -0.2) is 53.4 Å². The average molecular weight is 464 g/mol. The van der Waals surface area contributed by atoms with Crippen LogP contribution in [0.2, 0.25) is 0 Å². The van der Waals surface area contributed by atoms with Crippen molar-refractivity contribution >= 4 is 41.2 Å². The maximum Gasteiger partial charge on any atom is 0.404 e. The van der Waals surface area contributed by atoms with Crippen LogP contribution in [-0.2, 0) is 4.79 Å². The van der Waals surface area contributed by atoms with Gasteiger partial charge in [0.15, 0.2) is 0 Å². The van der Waals surface area contributed by atoms with Crippen molar-refractivity contribution in [3.8, 4) is 0 Å². The Bertz CT molecular complexity index is 1110. The van der Waals surface area contributed by atoms with E-state index in [1.165, 1.54) is 0 Å². The van der Waals surface area contributed by atoms with Gasteiger partial charge in [0.25, 0.3) is 5.91 Å². The Balaban J connectivity index is 1.77. The number of benzene rings is 2. The lowest BCUT2D eigenvalue weighted by Gasteiger charge is -2.23. The summed E-state index contributed by atoms with van der Waals surface area (Å²) in [4.78, 5) is 42.5. The standard InChI is InChI=1S/C25H29N5O4/c1-2-12-30(13-6-11-27-25(33)34)24(32)19-14-18-9-10-20(16-21(18)29-22(26)15-19)28-23(31)17-7-4-3-5-8-17/h3-5,7-10,14,16,27H,2,6,11-13,15H2,1H3,(H2,26,29)(H,28,31)(H,33,34). The smallest absolute Gasteiger partial charge is 0.404 e. The lowest BCUT2D eigenvalue weighted by Crippen LogP contribution is -2.36. The van der Waals surface area contributed by atoms with Crippen LogP contribution < -0.4 is 16.4 Å². The Labute approximate surface area is 198 Å². The van der Waals surface area contributed by atoms with Crippen LogP contribution in [0.3, 0.4) is 0 Å². The highest BCUT2D eigenvalue weighted by molar-refractivity contribution is 6.07. The first-order valence-electron chi connectivity index (χ1n) is 11.2. The molecule has 0 aliphatic carbocycles. The number of carbonyl (C=O) groups is 3. The maximum absolute atomic E-state index is 13.2. The number of hydrogen-bond acceptors (Lipinski definition) is 5. The van der Waals surface area contributed by atoms with E-state index in [1.807, 2.05) is 13.0 Å². The molecule has 1 aliphatic heterocycles. The fraction of sp³-hybridized carbons (Fsp3) is 0.280. The number of nitrogens with two attached hydrogens (primary N) is 1. The van der Waals surface area contributed by atoms with Crippen LogP contribution in [0.15, 0.2) is 59.1 Å². The number of anilines is 1. The normalized spacial score (nSPS) is 12.5. The van der Waals surface area contributed by atoms with Gasteiger partial charge in [-0.25, -0.2) is 9.79 Å². The number of aliphatic imine (C=N–C) groups is 1. The van der Waals surface area contributed by atoms with E-state index >= 15 is 0 Å². The van der Waals surface area contributed by atoms with Crippen molar-refractivity contribution < 1.29 is 19.5 Å². The molecule has 5 N–H and O–H groups in total. The van der Waals surface area contributed by atoms with Crippen molar-refractivity contribution in [2.24, 2.45) is 10.7 Å². The number of carboxylic acid groups (broad SMARTS) is 1. The van der Waals surface area contributed by atoms with Gasteiger partial charge >= 0.3 is 6.09 Å². The number of amidine groups is 1. The largest absolute Gasteiger partial charge is 0.465 e. The molecular formula is C25H29N5O4. The van der Waals surface area contributed by atoms with Gasteiger partial charge in [0.05, 0.1) is 5.69 Å². The van der Waals surface area contributed by atoms with Crippen LogP contribution in [0.4, 0.5) is 16.2 Å². The maximum atomic E-state index is 13.2. The second kappa shape index (κ2) is 11.6. The third-order valence-electron chi connectivity index (χ3n) is 5.23. The Morgan fingerprint density at radius 1 is 1.12 bits per heavy atom. The summed E-state index contributed by atoms with van der Waals surface area (Å²) in [5.74, 6) is -0.0800. The third kappa shape index (κ3) is 6.68. The van der Waals surface area contributed by atoms with Gasteiger partial charge in [0, 0.05) is 48.4 Å². The molecule has 0 spiro atoms. The zero-order valence-electron chi connectivity index (χ0n) is 19.1. The molecule has 9 nitrogen and oxygen atoms in total. The zero-order valence-corrected chi connectivity index (χ0v) is 19.1. The SMILES string of the molecule is CCCN(CCCNC(=O)O)C(=O)C1=Cc2ccc(NC(=O)c3ccccc3)cc2N=C(N)C1. The first-order valence-corrected chi connectivity index (χ1v) is 11.2. The molecule has 2 aromatic rings. The number of amides is 3. The minimum Gasteiger partial charge on any atom is -0.465 e. The topological polar surface area (TPSA) is 137 Å². The fourth-order valence-electron chi connectivity index (χ4n) is 3.65. The minimum atomic E-state index is -1.08. The van der Waals surface area contributed by atoms with Gasteiger partial charge in [-0.05, 0) is 43.2 Å². The van der Waals surface area contributed by atoms with E-state index in [9.17, 15) is 14.4 Å². The van der Waals surface area contributed by atoms with Crippen LogP contribution in [0, 0.1) is 0 Å². The van der Waals surface area contributed by atoms with Crippen molar-refractivity contribution in [1.29, 1.82) is 0 Å². The van der Waals surface area contributed by atoms with Crippen molar-refractivity contribution in [2.75, 3.05) is 25.0 Å². The average Bonchev–Trinajstić information content (AvgIpc) is 2.98. The fourth-order valence-corrected chi connectivity index (χ4v) is 3.65. The third-order valence-corrected chi connectivity index (χ3v) is 5.23. The second-order valence-corrected chi connectivity index (χ2v) is 7.92. The van der Waals surface area contributed by atoms with Crippen molar-refractivity contribution in [3.05, 3.63) is 65.2 Å². The summed E-state index contributed by atoms with van der Waals surface area (Å²) in [7, 11) is 0. The summed E-state index contributed by atoms with van der Waals surface area (Å²) in [5.41, 5.74) is 9.05. The summed E-state index contributed by atoms with van der Waals surface area (Å²) in [6, 6.07) is 14.2. The molecule has 0 radical (unpaired) electrons. The lowest BCUT2D eigenvalue weighted by atomic mass is 10.1. The molecule has 9 heteroatoms. The quantitative estimate of drug-likeness (QED) is 0.421. The van der Waals surface area contributed by atoms with Crippen LogP contribution in [0.25, 0.3) is 6.08 Å². The van der Waals surface area contributed by atoms with E-state index in [-0.39, 0.29) is 24.8 Å². The molecule has 0 saturated heterocycles. The van der Waals surface area contributed by atoms with Crippen LogP contribution in [0.5, 0.6) is 0 Å². The molecule has 3 rings (SSSR count). The van der Waals surface area contributed by atoms with E-state index in [4.69, 9.17) is 10.8 Å². The summed E-state index contributed by atoms with van der Waals surface area (Å²) in [5, 5.41) is 13.9. The molecule has 0 atom stereocenters. The summed E-state index contributed by atoms with van der Waals surface area (Å²) >= 11 is 0. The van der Waals surface area contributed by atoms with Gasteiger partial charge in [0.1, 0.15) is 5.84 Å². The van der Waals surface area contributed by atoms with Crippen molar-refractivity contribution in [3.63, 3.8) is 0 Å². The van der Waals surface area contributed by atoms with Gasteiger partial charge in [0.2, 0.25) is 5.91 Å². The molecule has 34 heavy (non-hydrogen) atoms. The van der Waals surface area contributed by atoms with Gasteiger partial charge in [-0.3, -0.25) is 9.59 Å². The number of rotatable bonds is 9. The predicted molar refractivity (Wildman–Crippen MR) is 132 cm³/mol. The highest BCUT2D eigenvalue weighted by atomic mass is 16.4. The molecule has 178 valence electrons. The molecule has 1 heterocycles. The predicted octanol–water partition coefficient (Wildman–Crippen LogP) is 3.61. The van der Waals surface area contributed by atoms with Gasteiger partial charge < -0.3 is 26.4 Å².